The average Bonchev–Trinajstić information content (AvgIpc) is 2.77. The molecule has 1 atom stereocenters. The smallest absolute Gasteiger partial charge is 0.0829 e. The summed E-state index contributed by atoms with van der Waals surface area (Å²) in [5.74, 6) is 0. The van der Waals surface area contributed by atoms with Crippen LogP contribution in [0.4, 0.5) is 0 Å². The lowest BCUT2D eigenvalue weighted by atomic mass is 9.94. The molecule has 0 radical (unpaired) electrons. The van der Waals surface area contributed by atoms with Crippen LogP contribution >= 0.6 is 0 Å². The lowest BCUT2D eigenvalue weighted by Gasteiger charge is -2.43. The molecule has 4 nitrogen and oxygen atoms in total. The Morgan fingerprint density at radius 1 is 1.28 bits per heavy atom. The summed E-state index contributed by atoms with van der Waals surface area (Å²) in [6.07, 6.45) is 5.97. The third-order valence-electron chi connectivity index (χ3n) is 4.82. The number of ether oxygens (including phenoxy) is 1. The van der Waals surface area contributed by atoms with Crippen molar-refractivity contribution in [3.63, 3.8) is 0 Å². The number of hydrogen-bond donors (Lipinski definition) is 1. The normalized spacial score (nSPS) is 34.2. The molecule has 2 saturated heterocycles. The largest absolute Gasteiger partial charge is 0.374 e. The molecular weight excluding hydrogens is 226 g/mol. The quantitative estimate of drug-likeness (QED) is 0.777. The van der Waals surface area contributed by atoms with E-state index in [2.05, 4.69) is 22.2 Å². The molecule has 1 saturated carbocycles. The van der Waals surface area contributed by atoms with Crippen molar-refractivity contribution in [2.24, 2.45) is 0 Å². The zero-order chi connectivity index (χ0) is 12.4. The van der Waals surface area contributed by atoms with Gasteiger partial charge in [0.05, 0.1) is 12.7 Å². The zero-order valence-corrected chi connectivity index (χ0v) is 11.7. The number of rotatable bonds is 2. The van der Waals surface area contributed by atoms with E-state index in [1.54, 1.807) is 0 Å². The summed E-state index contributed by atoms with van der Waals surface area (Å²) in [4.78, 5) is 5.02. The number of hydrogen-bond acceptors (Lipinski definition) is 4. The fraction of sp³-hybridized carbons (Fsp3) is 1.00. The summed E-state index contributed by atoms with van der Waals surface area (Å²) in [5, 5.41) is 3.78. The predicted octanol–water partition coefficient (Wildman–Crippen LogP) is 0.535. The van der Waals surface area contributed by atoms with Crippen molar-refractivity contribution < 1.29 is 4.74 Å². The summed E-state index contributed by atoms with van der Waals surface area (Å²) in [6.45, 7) is 7.77. The molecule has 0 bridgehead atoms. The second-order valence-corrected chi connectivity index (χ2v) is 6.40. The molecule has 1 unspecified atom stereocenters. The number of nitrogens with one attached hydrogen (secondary N) is 1. The van der Waals surface area contributed by atoms with Gasteiger partial charge in [0.1, 0.15) is 0 Å². The number of morpholine rings is 1. The Labute approximate surface area is 111 Å². The van der Waals surface area contributed by atoms with E-state index >= 15 is 0 Å². The lowest BCUT2D eigenvalue weighted by molar-refractivity contribution is -0.0422. The van der Waals surface area contributed by atoms with Crippen molar-refractivity contribution in [3.05, 3.63) is 0 Å². The highest BCUT2D eigenvalue weighted by Crippen LogP contribution is 2.32. The van der Waals surface area contributed by atoms with Crippen LogP contribution in [0.5, 0.6) is 0 Å². The van der Waals surface area contributed by atoms with Gasteiger partial charge in [-0.05, 0) is 19.9 Å². The van der Waals surface area contributed by atoms with Crippen molar-refractivity contribution in [2.75, 3.05) is 52.9 Å². The van der Waals surface area contributed by atoms with Crippen LogP contribution in [0.25, 0.3) is 0 Å². The van der Waals surface area contributed by atoms with E-state index in [0.29, 0.717) is 11.6 Å². The van der Waals surface area contributed by atoms with E-state index in [1.165, 1.54) is 38.8 Å². The van der Waals surface area contributed by atoms with Crippen LogP contribution < -0.4 is 5.32 Å². The fourth-order valence-electron chi connectivity index (χ4n) is 3.85. The van der Waals surface area contributed by atoms with E-state index < -0.39 is 0 Å². The Hall–Kier alpha value is -0.160. The molecule has 3 fully saturated rings. The molecule has 3 rings (SSSR count). The van der Waals surface area contributed by atoms with Gasteiger partial charge in [0.15, 0.2) is 0 Å². The first-order chi connectivity index (χ1) is 8.76. The molecule has 4 heteroatoms. The molecule has 104 valence electrons. The second-order valence-electron chi connectivity index (χ2n) is 6.40. The van der Waals surface area contributed by atoms with E-state index in [0.717, 1.165) is 32.8 Å². The Bertz CT molecular complexity index is 278. The Kier molecular flexibility index (Phi) is 3.89. The molecule has 1 spiro atoms. The molecular formula is C14H27N3O. The second kappa shape index (κ2) is 5.45. The molecule has 1 N–H and O–H groups in total. The molecule has 0 amide bonds. The molecule has 2 heterocycles. The van der Waals surface area contributed by atoms with Gasteiger partial charge in [-0.15, -0.1) is 0 Å². The zero-order valence-electron chi connectivity index (χ0n) is 11.7. The van der Waals surface area contributed by atoms with Crippen LogP contribution in [0.1, 0.15) is 25.7 Å². The average molecular weight is 253 g/mol. The van der Waals surface area contributed by atoms with Gasteiger partial charge in [-0.1, -0.05) is 12.8 Å². The lowest BCUT2D eigenvalue weighted by Crippen LogP contribution is -2.60. The van der Waals surface area contributed by atoms with Crippen molar-refractivity contribution in [1.82, 2.24) is 15.1 Å². The first kappa shape index (κ1) is 12.9. The number of piperazine rings is 1. The Balaban J connectivity index is 1.52. The Morgan fingerprint density at radius 3 is 2.89 bits per heavy atom. The topological polar surface area (TPSA) is 27.7 Å². The van der Waals surface area contributed by atoms with Gasteiger partial charge in [-0.3, -0.25) is 4.90 Å². The monoisotopic (exact) mass is 253 g/mol. The van der Waals surface area contributed by atoms with Crippen LogP contribution in [0.15, 0.2) is 0 Å². The molecule has 0 aromatic rings. The third-order valence-corrected chi connectivity index (χ3v) is 4.82. The van der Waals surface area contributed by atoms with Crippen LogP contribution in [0.3, 0.4) is 0 Å². The summed E-state index contributed by atoms with van der Waals surface area (Å²) in [7, 11) is 2.20. The highest BCUT2D eigenvalue weighted by atomic mass is 16.5. The van der Waals surface area contributed by atoms with Crippen LogP contribution in [-0.4, -0.2) is 74.4 Å². The van der Waals surface area contributed by atoms with Crippen molar-refractivity contribution in [3.8, 4) is 0 Å². The SMILES string of the molecule is CN1CCOC(CN2CCNC3(CCCC3)C2)C1. The van der Waals surface area contributed by atoms with Gasteiger partial charge < -0.3 is 15.0 Å². The van der Waals surface area contributed by atoms with E-state index in [1.807, 2.05) is 0 Å². The van der Waals surface area contributed by atoms with Crippen molar-refractivity contribution in [1.29, 1.82) is 0 Å². The van der Waals surface area contributed by atoms with E-state index in [4.69, 9.17) is 4.74 Å². The minimum atomic E-state index is 0.417. The number of nitrogens with zero attached hydrogens (tertiary/aromatic N) is 2. The summed E-state index contributed by atoms with van der Waals surface area (Å²) in [5.41, 5.74) is 0.443. The first-order valence-corrected chi connectivity index (χ1v) is 7.53. The number of likely N-dealkylation sites (N-methyl/N-ethyl adjacent to an activating group) is 1. The minimum Gasteiger partial charge on any atom is -0.374 e. The molecule has 3 aliphatic rings. The minimum absolute atomic E-state index is 0.417. The maximum Gasteiger partial charge on any atom is 0.0829 e. The van der Waals surface area contributed by atoms with Gasteiger partial charge >= 0.3 is 0 Å². The van der Waals surface area contributed by atoms with Crippen LogP contribution in [0, 0.1) is 0 Å². The van der Waals surface area contributed by atoms with Crippen molar-refractivity contribution in [2.45, 2.75) is 37.3 Å². The van der Waals surface area contributed by atoms with Gasteiger partial charge in [-0.2, -0.15) is 0 Å². The predicted molar refractivity (Wildman–Crippen MR) is 72.9 cm³/mol. The van der Waals surface area contributed by atoms with Crippen LogP contribution in [-0.2, 0) is 4.74 Å². The fourth-order valence-corrected chi connectivity index (χ4v) is 3.85. The van der Waals surface area contributed by atoms with Crippen molar-refractivity contribution >= 4 is 0 Å². The molecule has 1 aliphatic carbocycles. The first-order valence-electron chi connectivity index (χ1n) is 7.53. The van der Waals surface area contributed by atoms with E-state index in [9.17, 15) is 0 Å². The maximum atomic E-state index is 5.90. The highest BCUT2D eigenvalue weighted by Gasteiger charge is 2.38. The summed E-state index contributed by atoms with van der Waals surface area (Å²) < 4.78 is 5.90. The molecule has 0 aromatic carbocycles. The standard InChI is InChI=1S/C14H27N3O/c1-16-8-9-18-13(10-16)11-17-7-6-15-14(12-17)4-2-3-5-14/h13,15H,2-12H2,1H3. The third kappa shape index (κ3) is 2.87. The Morgan fingerprint density at radius 2 is 2.11 bits per heavy atom. The van der Waals surface area contributed by atoms with Gasteiger partial charge in [0, 0.05) is 44.8 Å². The summed E-state index contributed by atoms with van der Waals surface area (Å²) in [6, 6.07) is 0. The van der Waals surface area contributed by atoms with Crippen LogP contribution in [0.2, 0.25) is 0 Å². The highest BCUT2D eigenvalue weighted by molar-refractivity contribution is 4.98. The van der Waals surface area contributed by atoms with E-state index in [-0.39, 0.29) is 0 Å². The molecule has 0 aromatic heterocycles. The van der Waals surface area contributed by atoms with Gasteiger partial charge in [0.25, 0.3) is 0 Å². The molecule has 2 aliphatic heterocycles. The van der Waals surface area contributed by atoms with Gasteiger partial charge in [0.2, 0.25) is 0 Å². The van der Waals surface area contributed by atoms with Gasteiger partial charge in [-0.25, -0.2) is 0 Å². The molecule has 18 heavy (non-hydrogen) atoms. The summed E-state index contributed by atoms with van der Waals surface area (Å²) >= 11 is 0. The maximum absolute atomic E-state index is 5.90.